The van der Waals surface area contributed by atoms with Crippen molar-refractivity contribution >= 4 is 28.2 Å². The predicted molar refractivity (Wildman–Crippen MR) is 66.5 cm³/mol. The maximum Gasteiger partial charge on any atom is 0.306 e. The van der Waals surface area contributed by atoms with Gasteiger partial charge in [-0.3, -0.25) is 10.1 Å². The number of hydrogen-bond donors (Lipinski definition) is 0. The van der Waals surface area contributed by atoms with E-state index in [4.69, 9.17) is 21.1 Å². The van der Waals surface area contributed by atoms with Crippen molar-refractivity contribution in [1.82, 2.24) is 4.98 Å². The lowest BCUT2D eigenvalue weighted by molar-refractivity contribution is -0.384. The van der Waals surface area contributed by atoms with Crippen LogP contribution < -0.4 is 9.47 Å². The summed E-state index contributed by atoms with van der Waals surface area (Å²) < 4.78 is 10.2. The van der Waals surface area contributed by atoms with Crippen molar-refractivity contribution in [3.63, 3.8) is 0 Å². The van der Waals surface area contributed by atoms with Gasteiger partial charge in [0.2, 0.25) is 0 Å². The summed E-state index contributed by atoms with van der Waals surface area (Å²) in [5.41, 5.74) is 0.202. The molecule has 1 heterocycles. The third-order valence-corrected chi connectivity index (χ3v) is 2.88. The minimum absolute atomic E-state index is 0.0159. The Hall–Kier alpha value is -2.08. The zero-order chi connectivity index (χ0) is 13.3. The molecule has 0 aliphatic heterocycles. The summed E-state index contributed by atoms with van der Waals surface area (Å²) in [6, 6.07) is 3.22. The Labute approximate surface area is 107 Å². The number of nitrogens with zero attached hydrogens (tertiary/aromatic N) is 2. The first kappa shape index (κ1) is 12.4. The van der Waals surface area contributed by atoms with E-state index in [0.29, 0.717) is 22.4 Å². The number of benzene rings is 1. The lowest BCUT2D eigenvalue weighted by Gasteiger charge is -2.08. The molecule has 0 aliphatic rings. The number of pyridine rings is 1. The average molecular weight is 269 g/mol. The van der Waals surface area contributed by atoms with Crippen LogP contribution in [0.2, 0.25) is 5.02 Å². The van der Waals surface area contributed by atoms with E-state index in [2.05, 4.69) is 4.98 Å². The Morgan fingerprint density at radius 2 is 2.06 bits per heavy atom. The molecule has 2 rings (SSSR count). The first-order valence-corrected chi connectivity index (χ1v) is 5.31. The molecule has 1 aromatic heterocycles. The van der Waals surface area contributed by atoms with Crippen LogP contribution in [0.15, 0.2) is 18.3 Å². The van der Waals surface area contributed by atoms with Gasteiger partial charge in [-0.15, -0.1) is 0 Å². The van der Waals surface area contributed by atoms with Crippen LogP contribution in [0.3, 0.4) is 0 Å². The van der Waals surface area contributed by atoms with Crippen LogP contribution in [-0.4, -0.2) is 24.1 Å². The molecule has 1 aromatic carbocycles. The van der Waals surface area contributed by atoms with Crippen molar-refractivity contribution < 1.29 is 14.4 Å². The largest absolute Gasteiger partial charge is 0.497 e. The number of aromatic nitrogens is 1. The van der Waals surface area contributed by atoms with Gasteiger partial charge in [0, 0.05) is 11.5 Å². The summed E-state index contributed by atoms with van der Waals surface area (Å²) >= 11 is 6.00. The van der Waals surface area contributed by atoms with Crippen LogP contribution in [0.1, 0.15) is 0 Å². The summed E-state index contributed by atoms with van der Waals surface area (Å²) in [5.74, 6) is 0.935. The van der Waals surface area contributed by atoms with Gasteiger partial charge >= 0.3 is 5.69 Å². The second kappa shape index (κ2) is 4.66. The van der Waals surface area contributed by atoms with E-state index in [1.807, 2.05) is 0 Å². The number of rotatable bonds is 3. The van der Waals surface area contributed by atoms with Crippen LogP contribution in [0.5, 0.6) is 11.5 Å². The van der Waals surface area contributed by atoms with Crippen molar-refractivity contribution in [2.24, 2.45) is 0 Å². The zero-order valence-corrected chi connectivity index (χ0v) is 10.4. The van der Waals surface area contributed by atoms with Gasteiger partial charge in [-0.1, -0.05) is 11.6 Å². The molecule has 2 aromatic rings. The molecule has 7 heteroatoms. The number of methoxy groups -OCH3 is 2. The van der Waals surface area contributed by atoms with Crippen LogP contribution in [0.25, 0.3) is 10.9 Å². The average Bonchev–Trinajstić information content (AvgIpc) is 2.37. The van der Waals surface area contributed by atoms with E-state index in [9.17, 15) is 10.1 Å². The highest BCUT2D eigenvalue weighted by atomic mass is 35.5. The molecule has 0 aliphatic carbocycles. The fourth-order valence-electron chi connectivity index (χ4n) is 1.60. The van der Waals surface area contributed by atoms with Crippen LogP contribution in [0, 0.1) is 10.1 Å². The van der Waals surface area contributed by atoms with Crippen LogP contribution in [-0.2, 0) is 0 Å². The molecule has 0 N–H and O–H groups in total. The van der Waals surface area contributed by atoms with E-state index in [1.165, 1.54) is 14.2 Å². The minimum Gasteiger partial charge on any atom is -0.497 e. The van der Waals surface area contributed by atoms with Crippen molar-refractivity contribution in [3.05, 3.63) is 33.5 Å². The summed E-state index contributed by atoms with van der Waals surface area (Å²) in [6.07, 6.45) is 1.11. The van der Waals surface area contributed by atoms with Crippen molar-refractivity contribution in [2.45, 2.75) is 0 Å². The Kier molecular flexibility index (Phi) is 3.20. The van der Waals surface area contributed by atoms with Gasteiger partial charge in [-0.05, 0) is 6.07 Å². The zero-order valence-electron chi connectivity index (χ0n) is 9.64. The Morgan fingerprint density at radius 3 is 2.61 bits per heavy atom. The highest BCUT2D eigenvalue weighted by molar-refractivity contribution is 6.37. The maximum absolute atomic E-state index is 10.8. The molecule has 0 radical (unpaired) electrons. The molecule has 0 saturated heterocycles. The standard InChI is InChI=1S/C11H9ClN2O4/c1-17-6-3-7-10(12)8(14(15)16)5-13-11(7)9(4-6)18-2/h3-5H,1-2H3. The summed E-state index contributed by atoms with van der Waals surface area (Å²) in [4.78, 5) is 14.2. The van der Waals surface area contributed by atoms with Crippen molar-refractivity contribution in [3.8, 4) is 11.5 Å². The summed E-state index contributed by atoms with van der Waals surface area (Å²) in [7, 11) is 2.96. The number of nitro groups is 1. The second-order valence-electron chi connectivity index (χ2n) is 3.44. The lowest BCUT2D eigenvalue weighted by Crippen LogP contribution is -1.95. The van der Waals surface area contributed by atoms with Crippen LogP contribution >= 0.6 is 11.6 Å². The molecule has 0 fully saturated rings. The monoisotopic (exact) mass is 268 g/mol. The highest BCUT2D eigenvalue weighted by Crippen LogP contribution is 2.37. The van der Waals surface area contributed by atoms with E-state index in [1.54, 1.807) is 12.1 Å². The predicted octanol–water partition coefficient (Wildman–Crippen LogP) is 2.81. The maximum atomic E-state index is 10.8. The first-order chi connectivity index (χ1) is 8.58. The van der Waals surface area contributed by atoms with Crippen molar-refractivity contribution in [1.29, 1.82) is 0 Å². The first-order valence-electron chi connectivity index (χ1n) is 4.93. The van der Waals surface area contributed by atoms with Gasteiger partial charge in [-0.25, -0.2) is 4.98 Å². The van der Waals surface area contributed by atoms with Gasteiger partial charge in [0.1, 0.15) is 28.2 Å². The molecule has 0 amide bonds. The Balaban J connectivity index is 2.83. The van der Waals surface area contributed by atoms with E-state index >= 15 is 0 Å². The Morgan fingerprint density at radius 1 is 1.33 bits per heavy atom. The van der Waals surface area contributed by atoms with Crippen molar-refractivity contribution in [2.75, 3.05) is 14.2 Å². The third kappa shape index (κ3) is 1.91. The van der Waals surface area contributed by atoms with Gasteiger partial charge in [0.05, 0.1) is 19.1 Å². The fraction of sp³-hybridized carbons (Fsp3) is 0.182. The molecule has 0 spiro atoms. The number of ether oxygens (including phenoxy) is 2. The van der Waals surface area contributed by atoms with Gasteiger partial charge in [0.15, 0.2) is 0 Å². The van der Waals surface area contributed by atoms with Gasteiger partial charge in [0.25, 0.3) is 0 Å². The number of fused-ring (bicyclic) bond motifs is 1. The molecule has 94 valence electrons. The topological polar surface area (TPSA) is 74.5 Å². The van der Waals surface area contributed by atoms with Crippen LogP contribution in [0.4, 0.5) is 5.69 Å². The summed E-state index contributed by atoms with van der Waals surface area (Å²) in [5, 5.41) is 11.2. The quantitative estimate of drug-likeness (QED) is 0.632. The summed E-state index contributed by atoms with van der Waals surface area (Å²) in [6.45, 7) is 0. The second-order valence-corrected chi connectivity index (χ2v) is 3.82. The molecular weight excluding hydrogens is 260 g/mol. The third-order valence-electron chi connectivity index (χ3n) is 2.48. The van der Waals surface area contributed by atoms with Gasteiger partial charge in [-0.2, -0.15) is 0 Å². The highest BCUT2D eigenvalue weighted by Gasteiger charge is 2.19. The van der Waals surface area contributed by atoms with E-state index < -0.39 is 4.92 Å². The smallest absolute Gasteiger partial charge is 0.306 e. The molecule has 6 nitrogen and oxygen atoms in total. The SMILES string of the molecule is COc1cc(OC)c2ncc([N+](=O)[O-])c(Cl)c2c1. The molecule has 0 atom stereocenters. The minimum atomic E-state index is -0.583. The number of halogens is 1. The Bertz CT molecular complexity index is 630. The molecule has 0 unspecified atom stereocenters. The molecule has 0 saturated carbocycles. The normalized spacial score (nSPS) is 10.4. The fourth-order valence-corrected chi connectivity index (χ4v) is 1.87. The molecular formula is C11H9ClN2O4. The van der Waals surface area contributed by atoms with E-state index in [0.717, 1.165) is 6.20 Å². The number of hydrogen-bond acceptors (Lipinski definition) is 5. The van der Waals surface area contributed by atoms with E-state index in [-0.39, 0.29) is 10.7 Å². The lowest BCUT2D eigenvalue weighted by atomic mass is 10.2. The molecule has 18 heavy (non-hydrogen) atoms. The van der Waals surface area contributed by atoms with Gasteiger partial charge < -0.3 is 9.47 Å². The molecule has 0 bridgehead atoms.